The Kier molecular flexibility index (Phi) is 5.13. The highest BCUT2D eigenvalue weighted by molar-refractivity contribution is 7.13. The monoisotopic (exact) mass is 439 g/mol. The molecule has 0 spiro atoms. The number of rotatable bonds is 4. The van der Waals surface area contributed by atoms with Crippen LogP contribution >= 0.6 is 11.3 Å². The Morgan fingerprint density at radius 3 is 2.62 bits per heavy atom. The van der Waals surface area contributed by atoms with Crippen LogP contribution in [0.2, 0.25) is 0 Å². The molecule has 0 saturated carbocycles. The number of hydrogen-bond acceptors (Lipinski definition) is 6. The van der Waals surface area contributed by atoms with Crippen molar-refractivity contribution < 1.29 is 13.9 Å². The normalized spacial score (nSPS) is 10.9. The average Bonchev–Trinajstić information content (AvgIpc) is 3.29. The molecule has 0 saturated heterocycles. The highest BCUT2D eigenvalue weighted by Crippen LogP contribution is 2.29. The van der Waals surface area contributed by atoms with Crippen molar-refractivity contribution in [3.8, 4) is 27.6 Å². The molecule has 0 N–H and O–H groups in total. The van der Waals surface area contributed by atoms with Crippen molar-refractivity contribution in [2.45, 2.75) is 6.92 Å². The summed E-state index contributed by atoms with van der Waals surface area (Å²) < 4.78 is 11.0. The fourth-order valence-electron chi connectivity index (χ4n) is 3.38. The molecule has 6 heteroatoms. The molecule has 2 heterocycles. The lowest BCUT2D eigenvalue weighted by atomic mass is 10.1. The Labute approximate surface area is 187 Å². The molecule has 5 aromatic rings. The molecular weight excluding hydrogens is 422 g/mol. The maximum absolute atomic E-state index is 12.7. The van der Waals surface area contributed by atoms with Crippen LogP contribution in [0.3, 0.4) is 0 Å². The number of aryl methyl sites for hydroxylation is 1. The van der Waals surface area contributed by atoms with Gasteiger partial charge in [0.1, 0.15) is 16.3 Å². The summed E-state index contributed by atoms with van der Waals surface area (Å²) in [6.07, 6.45) is 0. The van der Waals surface area contributed by atoms with E-state index >= 15 is 0 Å². The fraction of sp³-hybridized carbons (Fsp3) is 0.0385. The highest BCUT2D eigenvalue weighted by Gasteiger charge is 2.14. The van der Waals surface area contributed by atoms with Crippen molar-refractivity contribution in [2.24, 2.45) is 0 Å². The van der Waals surface area contributed by atoms with Crippen LogP contribution in [0.25, 0.3) is 32.8 Å². The van der Waals surface area contributed by atoms with Crippen LogP contribution < -0.4 is 10.4 Å². The van der Waals surface area contributed by atoms with Gasteiger partial charge in [0.2, 0.25) is 0 Å². The average molecular weight is 439 g/mol. The summed E-state index contributed by atoms with van der Waals surface area (Å²) in [4.78, 5) is 29.7. The second-order valence-corrected chi connectivity index (χ2v) is 8.17. The molecule has 0 bridgehead atoms. The zero-order chi connectivity index (χ0) is 22.1. The molecule has 32 heavy (non-hydrogen) atoms. The number of aromatic nitrogens is 1. The number of fused-ring (bicyclic) bond motifs is 1. The van der Waals surface area contributed by atoms with Crippen molar-refractivity contribution in [1.82, 2.24) is 4.98 Å². The number of carbonyl (C=O) groups excluding carboxylic acids is 1. The first-order chi connectivity index (χ1) is 15.6. The van der Waals surface area contributed by atoms with E-state index < -0.39 is 11.6 Å². The Balaban J connectivity index is 1.44. The molecule has 156 valence electrons. The van der Waals surface area contributed by atoms with Crippen LogP contribution in [0.15, 0.2) is 93.5 Å². The predicted molar refractivity (Wildman–Crippen MR) is 125 cm³/mol. The molecule has 0 atom stereocenters. The van der Waals surface area contributed by atoms with Gasteiger partial charge in [0.25, 0.3) is 0 Å². The smallest absolute Gasteiger partial charge is 0.346 e. The van der Waals surface area contributed by atoms with Gasteiger partial charge < -0.3 is 9.15 Å². The maximum atomic E-state index is 12.7. The van der Waals surface area contributed by atoms with Crippen molar-refractivity contribution in [2.75, 3.05) is 0 Å². The number of ether oxygens (including phenoxy) is 1. The molecule has 5 rings (SSSR count). The molecule has 2 aromatic heterocycles. The van der Waals surface area contributed by atoms with Crippen molar-refractivity contribution >= 4 is 28.3 Å². The minimum Gasteiger partial charge on any atom is -0.423 e. The van der Waals surface area contributed by atoms with Gasteiger partial charge in [0.15, 0.2) is 0 Å². The van der Waals surface area contributed by atoms with Gasteiger partial charge in [-0.15, -0.1) is 11.3 Å². The SMILES string of the molecule is Cc1cccc(C(=O)Oc2ccc3cc(-c4nc(-c5ccccc5)cs4)c(=O)oc3c2)c1. The lowest BCUT2D eigenvalue weighted by Gasteiger charge is -2.06. The minimum absolute atomic E-state index is 0.306. The first kappa shape index (κ1) is 19.9. The van der Waals surface area contributed by atoms with Gasteiger partial charge >= 0.3 is 11.6 Å². The molecule has 0 unspecified atom stereocenters. The summed E-state index contributed by atoms with van der Waals surface area (Å²) >= 11 is 1.39. The standard InChI is InChI=1S/C26H17NO4S/c1-16-6-5-9-19(12-16)25(28)30-20-11-10-18-13-21(26(29)31-23(18)14-20)24-27-22(15-32-24)17-7-3-2-4-8-17/h2-15H,1H3. The van der Waals surface area contributed by atoms with Crippen LogP contribution in [0.1, 0.15) is 15.9 Å². The van der Waals surface area contributed by atoms with Crippen LogP contribution in [-0.2, 0) is 0 Å². The first-order valence-electron chi connectivity index (χ1n) is 9.95. The second kappa shape index (κ2) is 8.24. The zero-order valence-electron chi connectivity index (χ0n) is 17.1. The van der Waals surface area contributed by atoms with E-state index in [9.17, 15) is 9.59 Å². The number of thiazole rings is 1. The van der Waals surface area contributed by atoms with E-state index in [4.69, 9.17) is 9.15 Å². The molecule has 0 aliphatic heterocycles. The molecule has 0 aliphatic carbocycles. The highest BCUT2D eigenvalue weighted by atomic mass is 32.1. The van der Waals surface area contributed by atoms with Gasteiger partial charge in [0, 0.05) is 22.4 Å². The summed E-state index contributed by atoms with van der Waals surface area (Å²) in [5, 5.41) is 3.23. The number of nitrogens with zero attached hydrogens (tertiary/aromatic N) is 1. The minimum atomic E-state index is -0.492. The summed E-state index contributed by atoms with van der Waals surface area (Å²) in [6, 6.07) is 23.7. The van der Waals surface area contributed by atoms with E-state index in [0.717, 1.165) is 16.8 Å². The third kappa shape index (κ3) is 3.96. The number of hydrogen-bond donors (Lipinski definition) is 0. The predicted octanol–water partition coefficient (Wildman–Crippen LogP) is 6.11. The lowest BCUT2D eigenvalue weighted by Crippen LogP contribution is -2.08. The van der Waals surface area contributed by atoms with Crippen LogP contribution in [0.5, 0.6) is 5.75 Å². The van der Waals surface area contributed by atoms with Gasteiger partial charge in [-0.3, -0.25) is 0 Å². The van der Waals surface area contributed by atoms with Gasteiger partial charge in [-0.2, -0.15) is 0 Å². The fourth-order valence-corrected chi connectivity index (χ4v) is 4.21. The summed E-state index contributed by atoms with van der Waals surface area (Å²) in [7, 11) is 0. The van der Waals surface area contributed by atoms with E-state index in [1.54, 1.807) is 42.5 Å². The van der Waals surface area contributed by atoms with Gasteiger partial charge in [0.05, 0.1) is 16.8 Å². The van der Waals surface area contributed by atoms with Crippen LogP contribution in [0.4, 0.5) is 0 Å². The molecule has 0 amide bonds. The van der Waals surface area contributed by atoms with Gasteiger partial charge in [-0.1, -0.05) is 48.0 Å². The van der Waals surface area contributed by atoms with Crippen molar-refractivity contribution in [3.05, 3.63) is 106 Å². The zero-order valence-corrected chi connectivity index (χ0v) is 17.9. The second-order valence-electron chi connectivity index (χ2n) is 7.31. The topological polar surface area (TPSA) is 69.4 Å². The third-order valence-electron chi connectivity index (χ3n) is 4.98. The van der Waals surface area contributed by atoms with E-state index in [2.05, 4.69) is 4.98 Å². The van der Waals surface area contributed by atoms with Crippen LogP contribution in [0, 0.1) is 6.92 Å². The quantitative estimate of drug-likeness (QED) is 0.192. The Morgan fingerprint density at radius 1 is 0.969 bits per heavy atom. The van der Waals surface area contributed by atoms with Crippen molar-refractivity contribution in [3.63, 3.8) is 0 Å². The molecule has 3 aromatic carbocycles. The Hall–Kier alpha value is -4.03. The van der Waals surface area contributed by atoms with Crippen LogP contribution in [-0.4, -0.2) is 11.0 Å². The summed E-state index contributed by atoms with van der Waals surface area (Å²) in [5.74, 6) is -0.163. The maximum Gasteiger partial charge on any atom is 0.346 e. The third-order valence-corrected chi connectivity index (χ3v) is 5.85. The van der Waals surface area contributed by atoms with E-state index in [1.807, 2.05) is 48.7 Å². The first-order valence-corrected chi connectivity index (χ1v) is 10.8. The van der Waals surface area contributed by atoms with Gasteiger partial charge in [-0.25, -0.2) is 14.6 Å². The molecule has 5 nitrogen and oxygen atoms in total. The molecular formula is C26H17NO4S. The molecule has 0 radical (unpaired) electrons. The number of carbonyl (C=O) groups is 1. The van der Waals surface area contributed by atoms with E-state index in [0.29, 0.717) is 32.9 Å². The van der Waals surface area contributed by atoms with E-state index in [-0.39, 0.29) is 0 Å². The largest absolute Gasteiger partial charge is 0.423 e. The Morgan fingerprint density at radius 2 is 1.81 bits per heavy atom. The molecule has 0 fully saturated rings. The van der Waals surface area contributed by atoms with Crippen molar-refractivity contribution in [1.29, 1.82) is 0 Å². The van der Waals surface area contributed by atoms with Gasteiger partial charge in [-0.05, 0) is 37.3 Å². The summed E-state index contributed by atoms with van der Waals surface area (Å²) in [5.41, 5.74) is 3.47. The van der Waals surface area contributed by atoms with E-state index in [1.165, 1.54) is 11.3 Å². The molecule has 0 aliphatic rings. The summed E-state index contributed by atoms with van der Waals surface area (Å²) in [6.45, 7) is 1.91. The lowest BCUT2D eigenvalue weighted by molar-refractivity contribution is 0.0735. The number of esters is 1. The number of benzene rings is 3. The Bertz CT molecular complexity index is 1500.